The van der Waals surface area contributed by atoms with E-state index >= 15 is 0 Å². The lowest BCUT2D eigenvalue weighted by Crippen LogP contribution is -2.31. The Morgan fingerprint density at radius 1 is 1.38 bits per heavy atom. The summed E-state index contributed by atoms with van der Waals surface area (Å²) in [5.41, 5.74) is 6.01. The average molecular weight is 268 g/mol. The number of nitrogens with two attached hydrogens (primary N) is 1. The molecule has 0 aliphatic heterocycles. The summed E-state index contributed by atoms with van der Waals surface area (Å²) in [5, 5.41) is 9.76. The van der Waals surface area contributed by atoms with Gasteiger partial charge >= 0.3 is 0 Å². The molecule has 0 spiro atoms. The lowest BCUT2D eigenvalue weighted by molar-refractivity contribution is 0.0966. The van der Waals surface area contributed by atoms with Crippen molar-refractivity contribution in [3.63, 3.8) is 0 Å². The van der Waals surface area contributed by atoms with Gasteiger partial charge in [0.1, 0.15) is 5.82 Å². The molecule has 0 fully saturated rings. The van der Waals surface area contributed by atoms with E-state index in [9.17, 15) is 9.50 Å². The van der Waals surface area contributed by atoms with E-state index in [1.807, 2.05) is 13.8 Å². The largest absolute Gasteiger partial charge is 0.391 e. The van der Waals surface area contributed by atoms with Gasteiger partial charge in [-0.3, -0.25) is 0 Å². The molecule has 1 aromatic rings. The van der Waals surface area contributed by atoms with E-state index in [1.54, 1.807) is 6.07 Å². The zero-order valence-corrected chi connectivity index (χ0v) is 10.7. The molecule has 0 heterocycles. The number of benzene rings is 1. The van der Waals surface area contributed by atoms with Crippen molar-refractivity contribution in [2.45, 2.75) is 26.0 Å². The highest BCUT2D eigenvalue weighted by atomic mass is 35.5. The summed E-state index contributed by atoms with van der Waals surface area (Å²) in [5.74, 6) is -0.579. The van der Waals surface area contributed by atoms with Crippen molar-refractivity contribution in [3.05, 3.63) is 34.6 Å². The van der Waals surface area contributed by atoms with Gasteiger partial charge in [-0.05, 0) is 12.0 Å². The van der Waals surface area contributed by atoms with Crippen LogP contribution in [-0.4, -0.2) is 11.2 Å². The van der Waals surface area contributed by atoms with Crippen molar-refractivity contribution < 1.29 is 9.50 Å². The van der Waals surface area contributed by atoms with Gasteiger partial charge < -0.3 is 10.8 Å². The molecule has 0 radical (unpaired) electrons. The van der Waals surface area contributed by atoms with E-state index in [1.165, 1.54) is 12.1 Å². The second-order valence-electron chi connectivity index (χ2n) is 3.90. The number of halogens is 3. The monoisotopic (exact) mass is 267 g/mol. The van der Waals surface area contributed by atoms with E-state index < -0.39 is 18.0 Å². The van der Waals surface area contributed by atoms with Crippen LogP contribution in [0.1, 0.15) is 25.5 Å². The average Bonchev–Trinajstić information content (AvgIpc) is 2.20. The molecule has 1 aromatic carbocycles. The minimum atomic E-state index is -0.780. The van der Waals surface area contributed by atoms with Gasteiger partial charge in [0.2, 0.25) is 0 Å². The fourth-order valence-electron chi connectivity index (χ4n) is 1.38. The van der Waals surface area contributed by atoms with Gasteiger partial charge in [0.15, 0.2) is 0 Å². The van der Waals surface area contributed by atoms with Crippen LogP contribution in [0.15, 0.2) is 18.2 Å². The predicted molar refractivity (Wildman–Crippen MR) is 66.4 cm³/mol. The van der Waals surface area contributed by atoms with Crippen LogP contribution in [0.3, 0.4) is 0 Å². The van der Waals surface area contributed by atoms with Gasteiger partial charge in [0.05, 0.1) is 17.2 Å². The molecule has 0 unspecified atom stereocenters. The van der Waals surface area contributed by atoms with Crippen molar-refractivity contribution in [3.8, 4) is 0 Å². The van der Waals surface area contributed by atoms with Crippen molar-refractivity contribution in [2.24, 2.45) is 11.7 Å². The maximum Gasteiger partial charge on any atom is 0.146 e. The molecule has 0 aliphatic rings. The van der Waals surface area contributed by atoms with Crippen molar-refractivity contribution in [1.29, 1.82) is 0 Å². The SMILES string of the molecule is CC(C)[C@H](O)[C@H](N)c1cccc(Cl)c1F.Cl. The van der Waals surface area contributed by atoms with Crippen LogP contribution >= 0.6 is 24.0 Å². The molecule has 1 rings (SSSR count). The van der Waals surface area contributed by atoms with Gasteiger partial charge in [-0.2, -0.15) is 0 Å². The van der Waals surface area contributed by atoms with Crippen LogP contribution < -0.4 is 5.73 Å². The molecule has 16 heavy (non-hydrogen) atoms. The Hall–Kier alpha value is -0.350. The molecule has 0 bridgehead atoms. The van der Waals surface area contributed by atoms with E-state index in [2.05, 4.69) is 0 Å². The zero-order valence-electron chi connectivity index (χ0n) is 9.15. The first-order valence-corrected chi connectivity index (χ1v) is 5.20. The highest BCUT2D eigenvalue weighted by molar-refractivity contribution is 6.30. The smallest absolute Gasteiger partial charge is 0.146 e. The Bertz CT molecular complexity index is 347. The Kier molecular flexibility index (Phi) is 6.26. The molecule has 0 saturated carbocycles. The Labute approximate surface area is 106 Å². The first-order valence-electron chi connectivity index (χ1n) is 4.82. The third kappa shape index (κ3) is 3.32. The predicted octanol–water partition coefficient (Wildman–Crippen LogP) is 2.92. The molecular formula is C11H16Cl2FNO. The maximum atomic E-state index is 13.6. The zero-order chi connectivity index (χ0) is 11.6. The first-order chi connectivity index (χ1) is 6.95. The quantitative estimate of drug-likeness (QED) is 0.885. The second-order valence-corrected chi connectivity index (χ2v) is 4.31. The fourth-order valence-corrected chi connectivity index (χ4v) is 1.56. The summed E-state index contributed by atoms with van der Waals surface area (Å²) < 4.78 is 13.6. The summed E-state index contributed by atoms with van der Waals surface area (Å²) in [6, 6.07) is 3.86. The molecule has 92 valence electrons. The summed E-state index contributed by atoms with van der Waals surface area (Å²) in [4.78, 5) is 0. The van der Waals surface area contributed by atoms with Crippen LogP contribution in [0.2, 0.25) is 5.02 Å². The fraction of sp³-hybridized carbons (Fsp3) is 0.455. The van der Waals surface area contributed by atoms with Crippen LogP contribution in [0.4, 0.5) is 4.39 Å². The second kappa shape index (κ2) is 6.40. The molecule has 0 aromatic heterocycles. The number of aliphatic hydroxyl groups is 1. The topological polar surface area (TPSA) is 46.2 Å². The standard InChI is InChI=1S/C11H15ClFNO.ClH/c1-6(2)11(15)10(14)7-4-3-5-8(12)9(7)13;/h3-6,10-11,15H,14H2,1-2H3;1H/t10-,11+;/m1./s1. The van der Waals surface area contributed by atoms with Crippen molar-refractivity contribution in [1.82, 2.24) is 0 Å². The number of hydrogen-bond donors (Lipinski definition) is 2. The van der Waals surface area contributed by atoms with Crippen LogP contribution in [0, 0.1) is 11.7 Å². The molecule has 3 N–H and O–H groups in total. The Balaban J connectivity index is 0.00000225. The Morgan fingerprint density at radius 3 is 2.44 bits per heavy atom. The van der Waals surface area contributed by atoms with Crippen LogP contribution in [-0.2, 0) is 0 Å². The number of rotatable bonds is 3. The third-order valence-electron chi connectivity index (χ3n) is 2.39. The van der Waals surface area contributed by atoms with E-state index in [4.69, 9.17) is 17.3 Å². The molecule has 2 atom stereocenters. The van der Waals surface area contributed by atoms with E-state index in [0.29, 0.717) is 0 Å². The summed E-state index contributed by atoms with van der Waals surface area (Å²) >= 11 is 5.63. The van der Waals surface area contributed by atoms with Gasteiger partial charge in [0, 0.05) is 5.56 Å². The van der Waals surface area contributed by atoms with Gasteiger partial charge in [0.25, 0.3) is 0 Å². The Morgan fingerprint density at radius 2 is 1.94 bits per heavy atom. The number of hydrogen-bond acceptors (Lipinski definition) is 2. The van der Waals surface area contributed by atoms with Crippen LogP contribution in [0.25, 0.3) is 0 Å². The van der Waals surface area contributed by atoms with Gasteiger partial charge in [-0.15, -0.1) is 12.4 Å². The summed E-state index contributed by atoms with van der Waals surface area (Å²) in [6.07, 6.45) is -0.780. The molecule has 0 aliphatic carbocycles. The van der Waals surface area contributed by atoms with Gasteiger partial charge in [-0.1, -0.05) is 37.6 Å². The maximum absolute atomic E-state index is 13.6. The minimum absolute atomic E-state index is 0. The molecule has 2 nitrogen and oxygen atoms in total. The number of aliphatic hydroxyl groups excluding tert-OH is 1. The molecular weight excluding hydrogens is 252 g/mol. The summed E-state index contributed by atoms with van der Waals surface area (Å²) in [7, 11) is 0. The van der Waals surface area contributed by atoms with Gasteiger partial charge in [-0.25, -0.2) is 4.39 Å². The van der Waals surface area contributed by atoms with Crippen LogP contribution in [0.5, 0.6) is 0 Å². The van der Waals surface area contributed by atoms with Crippen molar-refractivity contribution >= 4 is 24.0 Å². The summed E-state index contributed by atoms with van der Waals surface area (Å²) in [6.45, 7) is 3.65. The van der Waals surface area contributed by atoms with E-state index in [0.717, 1.165) is 0 Å². The molecule has 0 saturated heterocycles. The highest BCUT2D eigenvalue weighted by Gasteiger charge is 2.23. The molecule has 0 amide bonds. The van der Waals surface area contributed by atoms with E-state index in [-0.39, 0.29) is 28.9 Å². The highest BCUT2D eigenvalue weighted by Crippen LogP contribution is 2.26. The normalized spacial score (nSPS) is 14.4. The minimum Gasteiger partial charge on any atom is -0.391 e. The lowest BCUT2D eigenvalue weighted by atomic mass is 9.94. The molecule has 5 heteroatoms. The third-order valence-corrected chi connectivity index (χ3v) is 2.68. The lowest BCUT2D eigenvalue weighted by Gasteiger charge is -2.22. The van der Waals surface area contributed by atoms with Crippen molar-refractivity contribution in [2.75, 3.05) is 0 Å². The first kappa shape index (κ1) is 15.7.